The molecule has 1 heterocycles. The molecule has 5 atom stereocenters. The molecule has 0 bridgehead atoms. The maximum Gasteiger partial charge on any atom is 0.345 e. The average Bonchev–Trinajstić information content (AvgIpc) is 3.33. The topological polar surface area (TPSA) is 384 Å². The van der Waals surface area contributed by atoms with Crippen LogP contribution in [0.4, 0.5) is 10.6 Å². The number of hydrogen-bond acceptors (Lipinski definition) is 14. The summed E-state index contributed by atoms with van der Waals surface area (Å²) in [4.78, 5) is 127. The predicted octanol–water partition coefficient (Wildman–Crippen LogP) is 0.642. The van der Waals surface area contributed by atoms with E-state index < -0.39 is 103 Å². The normalized spacial score (nSPS) is 16.4. The van der Waals surface area contributed by atoms with Gasteiger partial charge >= 0.3 is 29.9 Å². The zero-order valence-corrected chi connectivity index (χ0v) is 37.4. The first-order valence-corrected chi connectivity index (χ1v) is 22.1. The molecule has 24 heteroatoms. The third-order valence-corrected chi connectivity index (χ3v) is 11.5. The Morgan fingerprint density at radius 1 is 0.725 bits per heavy atom. The highest BCUT2D eigenvalue weighted by Crippen LogP contribution is 2.29. The molecule has 24 nitrogen and oxygen atoms in total. The maximum atomic E-state index is 13.8. The summed E-state index contributed by atoms with van der Waals surface area (Å²) in [6.07, 6.45) is 0.233. The van der Waals surface area contributed by atoms with Crippen molar-refractivity contribution in [3.05, 3.63) is 71.9 Å². The summed E-state index contributed by atoms with van der Waals surface area (Å²) < 4.78 is 4.64. The van der Waals surface area contributed by atoms with Gasteiger partial charge in [-0.15, -0.1) is 0 Å². The van der Waals surface area contributed by atoms with Crippen molar-refractivity contribution in [2.75, 3.05) is 18.5 Å². The van der Waals surface area contributed by atoms with Gasteiger partial charge in [-0.25, -0.2) is 30.0 Å². The van der Waals surface area contributed by atoms with E-state index in [1.54, 1.807) is 0 Å². The highest BCUT2D eigenvalue weighted by molar-refractivity contribution is 5.98. The molecule has 0 radical (unpaired) electrons. The minimum Gasteiger partial charge on any atom is -0.481 e. The number of nitrogens with two attached hydrogens (primary N) is 1. The Kier molecular flexibility index (Phi) is 21.1. The van der Waals surface area contributed by atoms with Gasteiger partial charge in [0.1, 0.15) is 30.0 Å². The Morgan fingerprint density at radius 3 is 2.00 bits per heavy atom. The molecule has 69 heavy (non-hydrogen) atoms. The van der Waals surface area contributed by atoms with Gasteiger partial charge in [0.25, 0.3) is 12.4 Å². The van der Waals surface area contributed by atoms with E-state index in [0.717, 1.165) is 16.3 Å². The molecule has 6 amide bonds. The lowest BCUT2D eigenvalue weighted by molar-refractivity contribution is -0.157. The Hall–Kier alpha value is -7.89. The number of carboxylic acid groups (broad SMARTS) is 4. The van der Waals surface area contributed by atoms with Crippen molar-refractivity contribution in [2.45, 2.75) is 101 Å². The van der Waals surface area contributed by atoms with E-state index in [2.05, 4.69) is 47.0 Å². The van der Waals surface area contributed by atoms with E-state index in [4.69, 9.17) is 10.9 Å². The number of urea groups is 1. The number of aliphatic carboxylic acids is 4. The number of carbonyl (C=O) groups excluding carboxylic acids is 6. The number of pyridine rings is 1. The molecule has 2 aromatic carbocycles. The van der Waals surface area contributed by atoms with E-state index in [-0.39, 0.29) is 68.5 Å². The van der Waals surface area contributed by atoms with Crippen molar-refractivity contribution >= 4 is 76.6 Å². The average molecular weight is 964 g/mol. The molecular formula is C45H57N9O15. The zero-order chi connectivity index (χ0) is 50.5. The fourth-order valence-electron chi connectivity index (χ4n) is 7.63. The molecular weight excluding hydrogens is 907 g/mol. The van der Waals surface area contributed by atoms with Crippen molar-refractivity contribution in [3.63, 3.8) is 0 Å². The van der Waals surface area contributed by atoms with Crippen LogP contribution in [0.2, 0.25) is 0 Å². The van der Waals surface area contributed by atoms with Crippen LogP contribution in [0.15, 0.2) is 60.8 Å². The van der Waals surface area contributed by atoms with E-state index in [0.29, 0.717) is 25.7 Å². The molecule has 1 fully saturated rings. The molecule has 372 valence electrons. The first kappa shape index (κ1) is 53.7. The molecule has 1 saturated carbocycles. The van der Waals surface area contributed by atoms with Crippen LogP contribution < -0.4 is 43.2 Å². The summed E-state index contributed by atoms with van der Waals surface area (Å²) in [7, 11) is 0. The molecule has 5 unspecified atom stereocenters. The number of amides is 6. The van der Waals surface area contributed by atoms with Crippen LogP contribution >= 0.6 is 0 Å². The van der Waals surface area contributed by atoms with Crippen LogP contribution in [0, 0.1) is 11.8 Å². The Balaban J connectivity index is 1.33. The van der Waals surface area contributed by atoms with Gasteiger partial charge in [-0.3, -0.25) is 28.8 Å². The molecule has 3 aromatic rings. The van der Waals surface area contributed by atoms with Gasteiger partial charge in [0.2, 0.25) is 23.8 Å². The standard InChI is InChI=1S/C45H57N9O15/c46-54-36-16-14-30(23-48-36)39(59)51-34(21-35(44(66)67)69-24-55)41(61)49-22-25-8-12-28(13-9-25)38(58)50-33(20-26-10-11-27-5-1-2-6-29(27)19-26)40(60)47-18-4-3-7-31(42(62)63)52-45(68)53-32(43(64)65)15-17-37(56)57/h1-2,5-6,10-11,14,16,19,23-25,28,31-35H,3-4,7-9,12-13,15,17-18,20-22,46H2,(H,47,60)(H,48,54)(H,49,61)(H,50,58)(H,51,59)(H,56,57)(H,62,63)(H,64,65)(H,66,67)(H2,52,53,68). The third-order valence-electron chi connectivity index (χ3n) is 11.5. The van der Waals surface area contributed by atoms with Crippen molar-refractivity contribution < 1.29 is 73.1 Å². The van der Waals surface area contributed by atoms with Crippen LogP contribution in [0.1, 0.15) is 80.1 Å². The Bertz CT molecular complexity index is 2310. The number of carbonyl (C=O) groups is 10. The molecule has 0 aliphatic heterocycles. The monoisotopic (exact) mass is 963 g/mol. The van der Waals surface area contributed by atoms with E-state index in [1.165, 1.54) is 18.3 Å². The highest BCUT2D eigenvalue weighted by atomic mass is 16.5. The fraction of sp³-hybridized carbons (Fsp3) is 0.444. The number of ether oxygens (including phenoxy) is 1. The van der Waals surface area contributed by atoms with Gasteiger partial charge < -0.3 is 62.5 Å². The number of nitrogens with one attached hydrogen (secondary N) is 7. The Labute approximate surface area is 394 Å². The first-order valence-electron chi connectivity index (χ1n) is 22.1. The van der Waals surface area contributed by atoms with Crippen molar-refractivity contribution in [1.29, 1.82) is 0 Å². The molecule has 1 aliphatic carbocycles. The van der Waals surface area contributed by atoms with Gasteiger partial charge in [0, 0.05) is 44.5 Å². The second-order valence-corrected chi connectivity index (χ2v) is 16.4. The van der Waals surface area contributed by atoms with E-state index >= 15 is 0 Å². The van der Waals surface area contributed by atoms with Gasteiger partial charge in [0.05, 0.1) is 5.56 Å². The number of benzene rings is 2. The van der Waals surface area contributed by atoms with Crippen molar-refractivity contribution in [3.8, 4) is 0 Å². The minimum atomic E-state index is -1.74. The van der Waals surface area contributed by atoms with Crippen molar-refractivity contribution in [1.82, 2.24) is 36.9 Å². The van der Waals surface area contributed by atoms with E-state index in [1.807, 2.05) is 42.5 Å². The summed E-state index contributed by atoms with van der Waals surface area (Å²) >= 11 is 0. The number of hydrogen-bond donors (Lipinski definition) is 12. The van der Waals surface area contributed by atoms with Crippen LogP contribution in [0.5, 0.6) is 0 Å². The molecule has 1 aromatic heterocycles. The number of nitrogens with zero attached hydrogens (tertiary/aromatic N) is 1. The van der Waals surface area contributed by atoms with Crippen LogP contribution in [-0.2, 0) is 49.5 Å². The second kappa shape index (κ2) is 27.1. The SMILES string of the molecule is NNc1ccc(C(=O)NC(CC(OC=O)C(=O)O)C(=O)NCC2CCC(C(=O)NC(Cc3ccc4ccccc4c3)C(=O)NCCCCC(NC(=O)NC(CCC(=O)O)C(=O)O)C(=O)O)CC2)cn1. The van der Waals surface area contributed by atoms with Gasteiger partial charge in [0.15, 0.2) is 0 Å². The third kappa shape index (κ3) is 17.7. The van der Waals surface area contributed by atoms with Crippen LogP contribution in [0.25, 0.3) is 10.8 Å². The second-order valence-electron chi connectivity index (χ2n) is 16.4. The molecule has 4 rings (SSSR count). The summed E-state index contributed by atoms with van der Waals surface area (Å²) in [6, 6.07) is 9.58. The van der Waals surface area contributed by atoms with Crippen LogP contribution in [-0.4, -0.2) is 129 Å². The first-order chi connectivity index (χ1) is 33.0. The number of aromatic nitrogens is 1. The van der Waals surface area contributed by atoms with Gasteiger partial charge in [-0.05, 0) is 85.8 Å². The lowest BCUT2D eigenvalue weighted by atomic mass is 9.81. The molecule has 0 saturated heterocycles. The van der Waals surface area contributed by atoms with Gasteiger partial charge in [-0.2, -0.15) is 0 Å². The lowest BCUT2D eigenvalue weighted by Crippen LogP contribution is -2.51. The quantitative estimate of drug-likeness (QED) is 0.0206. The predicted molar refractivity (Wildman–Crippen MR) is 243 cm³/mol. The number of carboxylic acids is 4. The number of unbranched alkanes of at least 4 members (excludes halogenated alkanes) is 1. The zero-order valence-electron chi connectivity index (χ0n) is 37.4. The Morgan fingerprint density at radius 2 is 1.39 bits per heavy atom. The number of rotatable bonds is 28. The highest BCUT2D eigenvalue weighted by Gasteiger charge is 2.33. The molecule has 0 spiro atoms. The summed E-state index contributed by atoms with van der Waals surface area (Å²) in [5.74, 6) is -3.04. The summed E-state index contributed by atoms with van der Waals surface area (Å²) in [6.45, 7) is 0.128. The number of fused-ring (bicyclic) bond motifs is 1. The van der Waals surface area contributed by atoms with Crippen LogP contribution in [0.3, 0.4) is 0 Å². The largest absolute Gasteiger partial charge is 0.481 e. The summed E-state index contributed by atoms with van der Waals surface area (Å²) in [5, 5.41) is 54.4. The molecule has 13 N–H and O–H groups in total. The number of nitrogen functional groups attached to an aromatic ring is 1. The molecule has 1 aliphatic rings. The van der Waals surface area contributed by atoms with E-state index in [9.17, 15) is 63.3 Å². The number of hydrazine groups is 1. The van der Waals surface area contributed by atoms with Crippen molar-refractivity contribution in [2.24, 2.45) is 17.7 Å². The maximum absolute atomic E-state index is 13.8. The van der Waals surface area contributed by atoms with Gasteiger partial charge in [-0.1, -0.05) is 42.5 Å². The lowest BCUT2D eigenvalue weighted by Gasteiger charge is -2.30. The summed E-state index contributed by atoms with van der Waals surface area (Å²) in [5.41, 5.74) is 3.13. The smallest absolute Gasteiger partial charge is 0.345 e. The number of anilines is 1. The minimum absolute atomic E-state index is 0.0397. The fourth-order valence-corrected chi connectivity index (χ4v) is 7.63.